The predicted molar refractivity (Wildman–Crippen MR) is 75.0 cm³/mol. The fourth-order valence-electron chi connectivity index (χ4n) is 1.96. The first-order chi connectivity index (χ1) is 8.40. The minimum atomic E-state index is 0.349. The van der Waals surface area contributed by atoms with Crippen molar-refractivity contribution in [3.05, 3.63) is 16.6 Å². The van der Waals surface area contributed by atoms with Gasteiger partial charge in [0, 0.05) is 35.0 Å². The first kappa shape index (κ1) is 13.3. The van der Waals surface area contributed by atoms with E-state index in [2.05, 4.69) is 17.2 Å². The van der Waals surface area contributed by atoms with Gasteiger partial charge in [0.15, 0.2) is 0 Å². The van der Waals surface area contributed by atoms with Crippen molar-refractivity contribution in [1.82, 2.24) is 10.3 Å². The van der Waals surface area contributed by atoms with Crippen LogP contribution in [0.2, 0.25) is 0 Å². The highest BCUT2D eigenvalue weighted by atomic mass is 32.2. The SMILES string of the molecule is CCCNC(Cc1cncs1)C1CSCCO1. The van der Waals surface area contributed by atoms with Gasteiger partial charge < -0.3 is 10.1 Å². The van der Waals surface area contributed by atoms with Crippen LogP contribution in [0.1, 0.15) is 18.2 Å². The number of ether oxygens (including phenoxy) is 1. The van der Waals surface area contributed by atoms with Gasteiger partial charge in [-0.05, 0) is 13.0 Å². The molecule has 2 unspecified atom stereocenters. The number of thiazole rings is 1. The molecule has 1 aliphatic heterocycles. The molecule has 0 aromatic carbocycles. The average molecular weight is 272 g/mol. The topological polar surface area (TPSA) is 34.2 Å². The molecule has 1 fully saturated rings. The van der Waals surface area contributed by atoms with E-state index in [9.17, 15) is 0 Å². The van der Waals surface area contributed by atoms with Crippen LogP contribution in [0.15, 0.2) is 11.7 Å². The van der Waals surface area contributed by atoms with E-state index in [-0.39, 0.29) is 0 Å². The second kappa shape index (κ2) is 7.36. The Kier molecular flexibility index (Phi) is 5.77. The van der Waals surface area contributed by atoms with E-state index in [0.29, 0.717) is 12.1 Å². The van der Waals surface area contributed by atoms with Crippen molar-refractivity contribution in [2.75, 3.05) is 24.7 Å². The Hall–Kier alpha value is -0.100. The molecule has 2 atom stereocenters. The van der Waals surface area contributed by atoms with Gasteiger partial charge in [0.05, 0.1) is 18.2 Å². The summed E-state index contributed by atoms with van der Waals surface area (Å²) >= 11 is 3.74. The van der Waals surface area contributed by atoms with Gasteiger partial charge in [0.2, 0.25) is 0 Å². The Bertz CT molecular complexity index is 299. The third-order valence-corrected chi connectivity index (χ3v) is 4.67. The molecule has 0 saturated carbocycles. The van der Waals surface area contributed by atoms with Crippen molar-refractivity contribution in [2.45, 2.75) is 31.9 Å². The molecule has 1 saturated heterocycles. The van der Waals surface area contributed by atoms with Crippen molar-refractivity contribution in [3.63, 3.8) is 0 Å². The van der Waals surface area contributed by atoms with Crippen LogP contribution in [-0.2, 0) is 11.2 Å². The lowest BCUT2D eigenvalue weighted by molar-refractivity contribution is 0.0474. The second-order valence-electron chi connectivity index (χ2n) is 4.22. The van der Waals surface area contributed by atoms with Gasteiger partial charge in [0.1, 0.15) is 0 Å². The molecular formula is C12H20N2OS2. The summed E-state index contributed by atoms with van der Waals surface area (Å²) in [7, 11) is 0. The van der Waals surface area contributed by atoms with E-state index in [1.807, 2.05) is 23.5 Å². The number of nitrogens with one attached hydrogen (secondary N) is 1. The Morgan fingerprint density at radius 3 is 3.24 bits per heavy atom. The lowest BCUT2D eigenvalue weighted by atomic mass is 10.1. The van der Waals surface area contributed by atoms with Gasteiger partial charge >= 0.3 is 0 Å². The zero-order valence-electron chi connectivity index (χ0n) is 10.2. The lowest BCUT2D eigenvalue weighted by Crippen LogP contribution is -2.46. The van der Waals surface area contributed by atoms with E-state index in [1.165, 1.54) is 11.3 Å². The number of aromatic nitrogens is 1. The van der Waals surface area contributed by atoms with Crippen LogP contribution in [0.3, 0.4) is 0 Å². The van der Waals surface area contributed by atoms with Crippen molar-refractivity contribution >= 4 is 23.1 Å². The highest BCUT2D eigenvalue weighted by molar-refractivity contribution is 7.99. The molecule has 1 aromatic heterocycles. The normalized spacial score (nSPS) is 22.5. The molecular weight excluding hydrogens is 252 g/mol. The number of thioether (sulfide) groups is 1. The van der Waals surface area contributed by atoms with Crippen LogP contribution < -0.4 is 5.32 Å². The second-order valence-corrected chi connectivity index (χ2v) is 6.34. The zero-order valence-corrected chi connectivity index (χ0v) is 11.9. The van der Waals surface area contributed by atoms with Crippen molar-refractivity contribution in [3.8, 4) is 0 Å². The first-order valence-electron chi connectivity index (χ1n) is 6.20. The fourth-order valence-corrected chi connectivity index (χ4v) is 3.56. The Balaban J connectivity index is 1.91. The molecule has 1 aliphatic rings. The maximum absolute atomic E-state index is 5.89. The van der Waals surface area contributed by atoms with E-state index >= 15 is 0 Å². The van der Waals surface area contributed by atoms with Crippen molar-refractivity contribution < 1.29 is 4.74 Å². The Morgan fingerprint density at radius 1 is 1.65 bits per heavy atom. The highest BCUT2D eigenvalue weighted by Crippen LogP contribution is 2.19. The van der Waals surface area contributed by atoms with Gasteiger partial charge in [0.25, 0.3) is 0 Å². The molecule has 17 heavy (non-hydrogen) atoms. The molecule has 96 valence electrons. The summed E-state index contributed by atoms with van der Waals surface area (Å²) < 4.78 is 5.89. The van der Waals surface area contributed by atoms with Gasteiger partial charge in [-0.25, -0.2) is 0 Å². The Morgan fingerprint density at radius 2 is 2.59 bits per heavy atom. The molecule has 3 nitrogen and oxygen atoms in total. The smallest absolute Gasteiger partial charge is 0.0822 e. The maximum atomic E-state index is 5.89. The molecule has 0 bridgehead atoms. The quantitative estimate of drug-likeness (QED) is 0.861. The van der Waals surface area contributed by atoms with Crippen LogP contribution in [0.4, 0.5) is 0 Å². The molecule has 5 heteroatoms. The summed E-state index contributed by atoms with van der Waals surface area (Å²) in [6, 6.07) is 0.434. The van der Waals surface area contributed by atoms with E-state index in [1.54, 1.807) is 11.3 Å². The number of hydrogen-bond donors (Lipinski definition) is 1. The van der Waals surface area contributed by atoms with E-state index in [0.717, 1.165) is 31.1 Å². The third-order valence-electron chi connectivity index (χ3n) is 2.85. The minimum Gasteiger partial charge on any atom is -0.375 e. The standard InChI is InChI=1S/C12H20N2OS2/c1-2-3-14-11(6-10-7-13-9-17-10)12-8-16-5-4-15-12/h7,9,11-12,14H,2-6,8H2,1H3. The van der Waals surface area contributed by atoms with E-state index in [4.69, 9.17) is 4.74 Å². The summed E-state index contributed by atoms with van der Waals surface area (Å²) in [6.07, 6.45) is 4.53. The molecule has 2 heterocycles. The first-order valence-corrected chi connectivity index (χ1v) is 8.23. The van der Waals surface area contributed by atoms with Gasteiger partial charge in [-0.15, -0.1) is 11.3 Å². The highest BCUT2D eigenvalue weighted by Gasteiger charge is 2.24. The van der Waals surface area contributed by atoms with Gasteiger partial charge in [-0.3, -0.25) is 4.98 Å². The van der Waals surface area contributed by atoms with Crippen molar-refractivity contribution in [1.29, 1.82) is 0 Å². The minimum absolute atomic E-state index is 0.349. The molecule has 0 radical (unpaired) electrons. The number of rotatable bonds is 6. The molecule has 2 rings (SSSR count). The van der Waals surface area contributed by atoms with E-state index < -0.39 is 0 Å². The van der Waals surface area contributed by atoms with Crippen LogP contribution in [0.25, 0.3) is 0 Å². The lowest BCUT2D eigenvalue weighted by Gasteiger charge is -2.30. The Labute approximate surface area is 111 Å². The van der Waals surface area contributed by atoms with Crippen molar-refractivity contribution in [2.24, 2.45) is 0 Å². The summed E-state index contributed by atoms with van der Waals surface area (Å²) in [6.45, 7) is 4.16. The predicted octanol–water partition coefficient (Wildman–Crippen LogP) is 2.19. The molecule has 1 aromatic rings. The summed E-state index contributed by atoms with van der Waals surface area (Å²) in [5.41, 5.74) is 1.91. The molecule has 1 N–H and O–H groups in total. The zero-order chi connectivity index (χ0) is 11.9. The van der Waals surface area contributed by atoms with Crippen LogP contribution in [0.5, 0.6) is 0 Å². The summed E-state index contributed by atoms with van der Waals surface area (Å²) in [4.78, 5) is 5.49. The van der Waals surface area contributed by atoms with Crippen LogP contribution >= 0.6 is 23.1 Å². The summed E-state index contributed by atoms with van der Waals surface area (Å²) in [5, 5.41) is 3.62. The fraction of sp³-hybridized carbons (Fsp3) is 0.750. The van der Waals surface area contributed by atoms with Gasteiger partial charge in [-0.2, -0.15) is 11.8 Å². The van der Waals surface area contributed by atoms with Gasteiger partial charge in [-0.1, -0.05) is 6.92 Å². The van der Waals surface area contributed by atoms with Crippen LogP contribution in [0, 0.1) is 0 Å². The molecule has 0 spiro atoms. The number of hydrogen-bond acceptors (Lipinski definition) is 5. The third kappa shape index (κ3) is 4.25. The number of nitrogens with zero attached hydrogens (tertiary/aromatic N) is 1. The summed E-state index contributed by atoms with van der Waals surface area (Å²) in [5.74, 6) is 2.25. The monoisotopic (exact) mass is 272 g/mol. The largest absolute Gasteiger partial charge is 0.375 e. The average Bonchev–Trinajstić information content (AvgIpc) is 2.88. The molecule has 0 aliphatic carbocycles. The maximum Gasteiger partial charge on any atom is 0.0822 e. The molecule has 0 amide bonds. The van der Waals surface area contributed by atoms with Crippen LogP contribution in [-0.4, -0.2) is 41.8 Å².